The summed E-state index contributed by atoms with van der Waals surface area (Å²) in [5.74, 6) is 0. The van der Waals surface area contributed by atoms with E-state index in [9.17, 15) is 0 Å². The summed E-state index contributed by atoms with van der Waals surface area (Å²) in [7, 11) is 1.72. The number of nitrogens with zero attached hydrogens (tertiary/aromatic N) is 2. The van der Waals surface area contributed by atoms with E-state index in [4.69, 9.17) is 4.74 Å². The van der Waals surface area contributed by atoms with Crippen LogP contribution in [-0.2, 0) is 24.2 Å². The Kier molecular flexibility index (Phi) is 5.76. The molecule has 0 fully saturated rings. The van der Waals surface area contributed by atoms with Crippen molar-refractivity contribution < 1.29 is 4.74 Å². The van der Waals surface area contributed by atoms with E-state index in [0.29, 0.717) is 0 Å². The molecule has 0 aliphatic heterocycles. The van der Waals surface area contributed by atoms with Crippen molar-refractivity contribution in [3.8, 4) is 0 Å². The smallest absolute Gasteiger partial charge is 0.0641 e. The van der Waals surface area contributed by atoms with Crippen LogP contribution in [0.2, 0.25) is 0 Å². The quantitative estimate of drug-likeness (QED) is 0.760. The van der Waals surface area contributed by atoms with Gasteiger partial charge in [0.15, 0.2) is 0 Å². The second-order valence-electron chi connectivity index (χ2n) is 4.92. The molecule has 0 atom stereocenters. The number of hydrogen-bond donors (Lipinski definition) is 1. The van der Waals surface area contributed by atoms with Crippen LogP contribution < -0.4 is 5.32 Å². The van der Waals surface area contributed by atoms with E-state index < -0.39 is 0 Å². The van der Waals surface area contributed by atoms with Gasteiger partial charge in [0.05, 0.1) is 12.3 Å². The fourth-order valence-corrected chi connectivity index (χ4v) is 2.97. The van der Waals surface area contributed by atoms with Gasteiger partial charge in [0.1, 0.15) is 0 Å². The lowest BCUT2D eigenvalue weighted by molar-refractivity contribution is 0.199. The third-order valence-electron chi connectivity index (χ3n) is 3.51. The summed E-state index contributed by atoms with van der Waals surface area (Å²) in [5.41, 5.74) is 5.09. The van der Waals surface area contributed by atoms with Crippen LogP contribution >= 0.6 is 11.3 Å². The Hall–Kier alpha value is -1.17. The first-order chi connectivity index (χ1) is 9.72. The predicted octanol–water partition coefficient (Wildman–Crippen LogP) is 2.54. The SMILES string of the molecule is COCCNCc1c(C)nn(CCc2ccsc2)c1C. The normalized spacial score (nSPS) is 11.2. The van der Waals surface area contributed by atoms with E-state index in [1.165, 1.54) is 16.8 Å². The fourth-order valence-electron chi connectivity index (χ4n) is 2.27. The van der Waals surface area contributed by atoms with Crippen LogP contribution in [0.4, 0.5) is 0 Å². The number of aromatic nitrogens is 2. The number of methoxy groups -OCH3 is 1. The average molecular weight is 293 g/mol. The Balaban J connectivity index is 1.93. The molecule has 2 heterocycles. The zero-order valence-corrected chi connectivity index (χ0v) is 13.3. The van der Waals surface area contributed by atoms with E-state index in [0.717, 1.165) is 38.4 Å². The molecule has 110 valence electrons. The molecule has 4 nitrogen and oxygen atoms in total. The second kappa shape index (κ2) is 7.57. The summed E-state index contributed by atoms with van der Waals surface area (Å²) < 4.78 is 7.17. The van der Waals surface area contributed by atoms with E-state index in [-0.39, 0.29) is 0 Å². The minimum absolute atomic E-state index is 0.740. The molecule has 0 aliphatic rings. The van der Waals surface area contributed by atoms with Gasteiger partial charge in [0.2, 0.25) is 0 Å². The Morgan fingerprint density at radius 2 is 2.25 bits per heavy atom. The topological polar surface area (TPSA) is 39.1 Å². The van der Waals surface area contributed by atoms with Gasteiger partial charge in [-0.3, -0.25) is 4.68 Å². The van der Waals surface area contributed by atoms with Crippen LogP contribution in [0.25, 0.3) is 0 Å². The summed E-state index contributed by atoms with van der Waals surface area (Å²) in [6, 6.07) is 2.18. The lowest BCUT2D eigenvalue weighted by Crippen LogP contribution is -2.19. The zero-order chi connectivity index (χ0) is 14.4. The molecule has 0 unspecified atom stereocenters. The van der Waals surface area contributed by atoms with Gasteiger partial charge in [-0.1, -0.05) is 0 Å². The highest BCUT2D eigenvalue weighted by molar-refractivity contribution is 7.07. The van der Waals surface area contributed by atoms with Crippen molar-refractivity contribution in [3.63, 3.8) is 0 Å². The minimum Gasteiger partial charge on any atom is -0.383 e. The van der Waals surface area contributed by atoms with Gasteiger partial charge in [-0.05, 0) is 42.7 Å². The number of thiophene rings is 1. The molecular weight excluding hydrogens is 270 g/mol. The molecule has 2 aromatic heterocycles. The van der Waals surface area contributed by atoms with Crippen molar-refractivity contribution in [1.82, 2.24) is 15.1 Å². The predicted molar refractivity (Wildman–Crippen MR) is 83.3 cm³/mol. The van der Waals surface area contributed by atoms with Gasteiger partial charge >= 0.3 is 0 Å². The molecule has 0 saturated carbocycles. The van der Waals surface area contributed by atoms with Gasteiger partial charge in [-0.25, -0.2) is 0 Å². The number of hydrogen-bond acceptors (Lipinski definition) is 4. The van der Waals surface area contributed by atoms with Crippen LogP contribution in [0.5, 0.6) is 0 Å². The summed E-state index contributed by atoms with van der Waals surface area (Å²) in [4.78, 5) is 0. The Morgan fingerprint density at radius 3 is 2.95 bits per heavy atom. The van der Waals surface area contributed by atoms with E-state index in [1.807, 2.05) is 0 Å². The minimum atomic E-state index is 0.740. The highest BCUT2D eigenvalue weighted by Gasteiger charge is 2.10. The van der Waals surface area contributed by atoms with Crippen molar-refractivity contribution >= 4 is 11.3 Å². The van der Waals surface area contributed by atoms with Crippen LogP contribution in [-0.4, -0.2) is 30.0 Å². The number of rotatable bonds is 8. The Labute approximate surface area is 124 Å². The van der Waals surface area contributed by atoms with E-state index in [2.05, 4.69) is 45.8 Å². The molecule has 0 bridgehead atoms. The van der Waals surface area contributed by atoms with Crippen LogP contribution in [0.1, 0.15) is 22.5 Å². The lowest BCUT2D eigenvalue weighted by Gasteiger charge is -2.06. The van der Waals surface area contributed by atoms with Gasteiger partial charge < -0.3 is 10.1 Å². The lowest BCUT2D eigenvalue weighted by atomic mass is 10.2. The Bertz CT molecular complexity index is 519. The monoisotopic (exact) mass is 293 g/mol. The third-order valence-corrected chi connectivity index (χ3v) is 4.24. The number of nitrogens with one attached hydrogen (secondary N) is 1. The van der Waals surface area contributed by atoms with Crippen molar-refractivity contribution in [1.29, 1.82) is 0 Å². The van der Waals surface area contributed by atoms with E-state index >= 15 is 0 Å². The summed E-state index contributed by atoms with van der Waals surface area (Å²) >= 11 is 1.75. The van der Waals surface area contributed by atoms with Crippen LogP contribution in [0.15, 0.2) is 16.8 Å². The molecule has 1 N–H and O–H groups in total. The highest BCUT2D eigenvalue weighted by Crippen LogP contribution is 2.14. The first-order valence-corrected chi connectivity index (χ1v) is 7.90. The molecule has 0 radical (unpaired) electrons. The van der Waals surface area contributed by atoms with Crippen molar-refractivity contribution in [2.45, 2.75) is 33.4 Å². The summed E-state index contributed by atoms with van der Waals surface area (Å²) in [6.45, 7) is 7.66. The van der Waals surface area contributed by atoms with Gasteiger partial charge in [-0.2, -0.15) is 16.4 Å². The molecule has 5 heteroatoms. The highest BCUT2D eigenvalue weighted by atomic mass is 32.1. The fraction of sp³-hybridized carbons (Fsp3) is 0.533. The maximum atomic E-state index is 5.04. The van der Waals surface area contributed by atoms with Crippen molar-refractivity contribution in [2.75, 3.05) is 20.3 Å². The molecule has 0 saturated heterocycles. The van der Waals surface area contributed by atoms with Gasteiger partial charge in [0, 0.05) is 38.0 Å². The summed E-state index contributed by atoms with van der Waals surface area (Å²) in [6.07, 6.45) is 1.04. The van der Waals surface area contributed by atoms with Crippen LogP contribution in [0, 0.1) is 13.8 Å². The molecule has 0 aliphatic carbocycles. The first kappa shape index (κ1) is 15.2. The van der Waals surface area contributed by atoms with Crippen molar-refractivity contribution in [2.24, 2.45) is 0 Å². The first-order valence-electron chi connectivity index (χ1n) is 6.96. The van der Waals surface area contributed by atoms with Gasteiger partial charge in [-0.15, -0.1) is 0 Å². The molecule has 0 spiro atoms. The molecular formula is C15H23N3OS. The Morgan fingerprint density at radius 1 is 1.40 bits per heavy atom. The molecule has 0 amide bonds. The van der Waals surface area contributed by atoms with Crippen LogP contribution in [0.3, 0.4) is 0 Å². The number of ether oxygens (including phenoxy) is 1. The standard InChI is InChI=1S/C15H23N3OS/c1-12-15(10-16-6-8-19-3)13(2)18(17-12)7-4-14-5-9-20-11-14/h5,9,11,16H,4,6-8,10H2,1-3H3. The maximum Gasteiger partial charge on any atom is 0.0641 e. The average Bonchev–Trinajstić information content (AvgIpc) is 3.03. The molecule has 20 heavy (non-hydrogen) atoms. The largest absolute Gasteiger partial charge is 0.383 e. The number of aryl methyl sites for hydroxylation is 3. The summed E-state index contributed by atoms with van der Waals surface area (Å²) in [5, 5.41) is 12.4. The molecule has 2 aromatic rings. The maximum absolute atomic E-state index is 5.04. The van der Waals surface area contributed by atoms with Crippen molar-refractivity contribution in [3.05, 3.63) is 39.3 Å². The van der Waals surface area contributed by atoms with E-state index in [1.54, 1.807) is 18.4 Å². The zero-order valence-electron chi connectivity index (χ0n) is 12.5. The van der Waals surface area contributed by atoms with Gasteiger partial charge in [0.25, 0.3) is 0 Å². The molecule has 2 rings (SSSR count). The third kappa shape index (κ3) is 3.91. The second-order valence-corrected chi connectivity index (χ2v) is 5.70. The molecule has 0 aromatic carbocycles.